The molecule has 1 aliphatic heterocycles. The van der Waals surface area contributed by atoms with E-state index in [0.717, 1.165) is 6.04 Å². The lowest BCUT2D eigenvalue weighted by Crippen LogP contribution is -2.47. The minimum absolute atomic E-state index is 0.0311. The van der Waals surface area contributed by atoms with Gasteiger partial charge in [-0.15, -0.1) is 0 Å². The summed E-state index contributed by atoms with van der Waals surface area (Å²) in [6.45, 7) is 8.98. The van der Waals surface area contributed by atoms with Crippen LogP contribution in [0.15, 0.2) is 0 Å². The van der Waals surface area contributed by atoms with Gasteiger partial charge in [0.2, 0.25) is 0 Å². The molecule has 2 aliphatic rings. The van der Waals surface area contributed by atoms with Gasteiger partial charge in [-0.25, -0.2) is 0 Å². The quantitative estimate of drug-likeness (QED) is 0.696. The number of ether oxygens (including phenoxy) is 1. The Morgan fingerprint density at radius 3 is 2.00 bits per heavy atom. The lowest BCUT2D eigenvalue weighted by molar-refractivity contribution is -0.0882. The Morgan fingerprint density at radius 2 is 1.60 bits per heavy atom. The fourth-order valence-electron chi connectivity index (χ4n) is 2.61. The molecule has 0 bridgehead atoms. The van der Waals surface area contributed by atoms with Gasteiger partial charge in [0.1, 0.15) is 0 Å². The number of rotatable bonds is 2. The average molecular weight is 211 g/mol. The van der Waals surface area contributed by atoms with Crippen molar-refractivity contribution in [3.8, 4) is 0 Å². The minimum atomic E-state index is 0.0311. The SMILES string of the molecule is CC(C)(C)OC1CCN(C2CCC2)CC1. The first-order chi connectivity index (χ1) is 7.04. The summed E-state index contributed by atoms with van der Waals surface area (Å²) in [6, 6.07) is 0.917. The van der Waals surface area contributed by atoms with Gasteiger partial charge in [0.25, 0.3) is 0 Å². The lowest BCUT2D eigenvalue weighted by atomic mass is 9.89. The number of likely N-dealkylation sites (tertiary alicyclic amines) is 1. The van der Waals surface area contributed by atoms with Gasteiger partial charge < -0.3 is 9.64 Å². The second-order valence-corrected chi connectivity index (χ2v) is 6.05. The standard InChI is InChI=1S/C13H25NO/c1-13(2,3)15-12-7-9-14(10-8-12)11-5-4-6-11/h11-12H,4-10H2,1-3H3. The van der Waals surface area contributed by atoms with Crippen molar-refractivity contribution < 1.29 is 4.74 Å². The third kappa shape index (κ3) is 3.18. The van der Waals surface area contributed by atoms with Gasteiger partial charge >= 0.3 is 0 Å². The first kappa shape index (κ1) is 11.4. The van der Waals surface area contributed by atoms with E-state index in [1.54, 1.807) is 0 Å². The summed E-state index contributed by atoms with van der Waals surface area (Å²) in [5, 5.41) is 0. The van der Waals surface area contributed by atoms with E-state index >= 15 is 0 Å². The lowest BCUT2D eigenvalue weighted by Gasteiger charge is -2.42. The van der Waals surface area contributed by atoms with Crippen molar-refractivity contribution in [1.29, 1.82) is 0 Å². The van der Waals surface area contributed by atoms with E-state index in [2.05, 4.69) is 25.7 Å². The summed E-state index contributed by atoms with van der Waals surface area (Å²) < 4.78 is 6.03. The second kappa shape index (κ2) is 4.42. The molecule has 0 atom stereocenters. The highest BCUT2D eigenvalue weighted by atomic mass is 16.5. The van der Waals surface area contributed by atoms with Crippen molar-refractivity contribution in [1.82, 2.24) is 4.90 Å². The van der Waals surface area contributed by atoms with Crippen LogP contribution in [0.1, 0.15) is 52.9 Å². The zero-order chi connectivity index (χ0) is 10.9. The van der Waals surface area contributed by atoms with Gasteiger partial charge in [-0.3, -0.25) is 0 Å². The summed E-state index contributed by atoms with van der Waals surface area (Å²) in [5.41, 5.74) is 0.0311. The highest BCUT2D eigenvalue weighted by Gasteiger charge is 2.30. The Morgan fingerprint density at radius 1 is 1.00 bits per heavy atom. The molecule has 1 heterocycles. The van der Waals surface area contributed by atoms with Crippen LogP contribution in [0, 0.1) is 0 Å². The first-order valence-electron chi connectivity index (χ1n) is 6.46. The Balaban J connectivity index is 1.72. The van der Waals surface area contributed by atoms with Crippen LogP contribution < -0.4 is 0 Å². The molecule has 1 saturated heterocycles. The summed E-state index contributed by atoms with van der Waals surface area (Å²) in [6.07, 6.45) is 7.28. The molecule has 0 radical (unpaired) electrons. The minimum Gasteiger partial charge on any atom is -0.373 e. The maximum atomic E-state index is 6.03. The zero-order valence-corrected chi connectivity index (χ0v) is 10.5. The molecule has 0 N–H and O–H groups in total. The molecule has 0 aromatic carbocycles. The van der Waals surface area contributed by atoms with Crippen LogP contribution in [0.4, 0.5) is 0 Å². The maximum absolute atomic E-state index is 6.03. The second-order valence-electron chi connectivity index (χ2n) is 6.05. The van der Waals surface area contributed by atoms with E-state index in [0.29, 0.717) is 6.10 Å². The van der Waals surface area contributed by atoms with Crippen LogP contribution in [0.2, 0.25) is 0 Å². The van der Waals surface area contributed by atoms with Crippen molar-refractivity contribution in [3.05, 3.63) is 0 Å². The molecule has 2 nitrogen and oxygen atoms in total. The molecule has 0 aromatic rings. The van der Waals surface area contributed by atoms with Gasteiger partial charge in [0.05, 0.1) is 11.7 Å². The fraction of sp³-hybridized carbons (Fsp3) is 1.00. The molecule has 0 unspecified atom stereocenters. The topological polar surface area (TPSA) is 12.5 Å². The van der Waals surface area contributed by atoms with Crippen LogP contribution >= 0.6 is 0 Å². The molecule has 0 aromatic heterocycles. The van der Waals surface area contributed by atoms with E-state index in [4.69, 9.17) is 4.74 Å². The zero-order valence-electron chi connectivity index (χ0n) is 10.5. The Kier molecular flexibility index (Phi) is 3.36. The summed E-state index contributed by atoms with van der Waals surface area (Å²) in [5.74, 6) is 0. The van der Waals surface area contributed by atoms with E-state index in [1.807, 2.05) is 0 Å². The van der Waals surface area contributed by atoms with Gasteiger partial charge in [0.15, 0.2) is 0 Å². The van der Waals surface area contributed by atoms with E-state index in [-0.39, 0.29) is 5.60 Å². The summed E-state index contributed by atoms with van der Waals surface area (Å²) in [4.78, 5) is 2.67. The van der Waals surface area contributed by atoms with Crippen molar-refractivity contribution in [2.45, 2.75) is 70.6 Å². The van der Waals surface area contributed by atoms with E-state index < -0.39 is 0 Å². The van der Waals surface area contributed by atoms with E-state index in [9.17, 15) is 0 Å². The Labute approximate surface area is 94.0 Å². The maximum Gasteiger partial charge on any atom is 0.0606 e. The monoisotopic (exact) mass is 211 g/mol. The Bertz CT molecular complexity index is 197. The van der Waals surface area contributed by atoms with Crippen molar-refractivity contribution in [2.75, 3.05) is 13.1 Å². The molecule has 0 spiro atoms. The van der Waals surface area contributed by atoms with Crippen LogP contribution in [0.25, 0.3) is 0 Å². The predicted molar refractivity (Wildman–Crippen MR) is 63.1 cm³/mol. The molecular weight excluding hydrogens is 186 g/mol. The van der Waals surface area contributed by atoms with Gasteiger partial charge in [0, 0.05) is 19.1 Å². The van der Waals surface area contributed by atoms with E-state index in [1.165, 1.54) is 45.2 Å². The molecule has 2 heteroatoms. The molecule has 88 valence electrons. The van der Waals surface area contributed by atoms with Crippen LogP contribution in [-0.4, -0.2) is 35.7 Å². The van der Waals surface area contributed by atoms with Gasteiger partial charge in [-0.1, -0.05) is 6.42 Å². The highest BCUT2D eigenvalue weighted by molar-refractivity contribution is 4.84. The van der Waals surface area contributed by atoms with Crippen molar-refractivity contribution >= 4 is 0 Å². The number of piperidine rings is 1. The largest absolute Gasteiger partial charge is 0.373 e. The number of nitrogens with zero attached hydrogens (tertiary/aromatic N) is 1. The first-order valence-corrected chi connectivity index (χ1v) is 6.46. The molecular formula is C13H25NO. The third-order valence-electron chi connectivity index (χ3n) is 3.59. The third-order valence-corrected chi connectivity index (χ3v) is 3.59. The van der Waals surface area contributed by atoms with Crippen molar-refractivity contribution in [2.24, 2.45) is 0 Å². The number of hydrogen-bond acceptors (Lipinski definition) is 2. The van der Waals surface area contributed by atoms with Crippen LogP contribution in [0.5, 0.6) is 0 Å². The van der Waals surface area contributed by atoms with Gasteiger partial charge in [-0.05, 0) is 46.5 Å². The Hall–Kier alpha value is -0.0800. The number of hydrogen-bond donors (Lipinski definition) is 0. The van der Waals surface area contributed by atoms with Crippen LogP contribution in [-0.2, 0) is 4.74 Å². The molecule has 1 saturated carbocycles. The molecule has 2 rings (SSSR count). The fourth-order valence-corrected chi connectivity index (χ4v) is 2.61. The van der Waals surface area contributed by atoms with Gasteiger partial charge in [-0.2, -0.15) is 0 Å². The molecule has 0 amide bonds. The normalized spacial score (nSPS) is 26.6. The average Bonchev–Trinajstić information content (AvgIpc) is 2.02. The predicted octanol–water partition coefficient (Wildman–Crippen LogP) is 2.82. The highest BCUT2D eigenvalue weighted by Crippen LogP contribution is 2.28. The van der Waals surface area contributed by atoms with Crippen molar-refractivity contribution in [3.63, 3.8) is 0 Å². The summed E-state index contributed by atoms with van der Waals surface area (Å²) in [7, 11) is 0. The smallest absolute Gasteiger partial charge is 0.0606 e. The molecule has 15 heavy (non-hydrogen) atoms. The summed E-state index contributed by atoms with van der Waals surface area (Å²) >= 11 is 0. The van der Waals surface area contributed by atoms with Crippen LogP contribution in [0.3, 0.4) is 0 Å². The molecule has 2 fully saturated rings. The molecule has 1 aliphatic carbocycles.